The third kappa shape index (κ3) is 4.70. The molecule has 2 aromatic carbocycles. The third-order valence-electron chi connectivity index (χ3n) is 4.47. The van der Waals surface area contributed by atoms with Gasteiger partial charge in [0, 0.05) is 25.6 Å². The highest BCUT2D eigenvalue weighted by atomic mass is 32.2. The van der Waals surface area contributed by atoms with Gasteiger partial charge in [0.15, 0.2) is 0 Å². The number of halogens is 2. The summed E-state index contributed by atoms with van der Waals surface area (Å²) in [4.78, 5) is 12.2. The van der Waals surface area contributed by atoms with Crippen molar-refractivity contribution in [1.29, 1.82) is 0 Å². The number of benzene rings is 2. The lowest BCUT2D eigenvalue weighted by Crippen LogP contribution is -2.27. The number of hydrogen-bond donors (Lipinski definition) is 1. The van der Waals surface area contributed by atoms with Crippen LogP contribution in [0.4, 0.5) is 14.5 Å². The second-order valence-electron chi connectivity index (χ2n) is 6.43. The molecule has 27 heavy (non-hydrogen) atoms. The summed E-state index contributed by atoms with van der Waals surface area (Å²) in [7, 11) is -3.45. The Bertz CT molecular complexity index is 924. The van der Waals surface area contributed by atoms with Crippen molar-refractivity contribution in [1.82, 2.24) is 4.31 Å². The molecule has 1 N–H and O–H groups in total. The summed E-state index contributed by atoms with van der Waals surface area (Å²) in [5, 5.41) is 2.40. The zero-order chi connectivity index (χ0) is 19.4. The molecule has 0 spiro atoms. The monoisotopic (exact) mass is 394 g/mol. The van der Waals surface area contributed by atoms with Gasteiger partial charge in [0.05, 0.1) is 10.6 Å². The average Bonchev–Trinajstić information content (AvgIpc) is 3.18. The van der Waals surface area contributed by atoms with Crippen LogP contribution in [0.3, 0.4) is 0 Å². The van der Waals surface area contributed by atoms with Crippen LogP contribution in [-0.4, -0.2) is 31.7 Å². The smallest absolute Gasteiger partial charge is 0.243 e. The Morgan fingerprint density at radius 1 is 1.04 bits per heavy atom. The molecular formula is C19H20F2N2O3S. The molecule has 5 nitrogen and oxygen atoms in total. The van der Waals surface area contributed by atoms with E-state index in [1.807, 2.05) is 0 Å². The molecule has 0 aliphatic carbocycles. The van der Waals surface area contributed by atoms with E-state index in [1.54, 1.807) is 24.3 Å². The maximum Gasteiger partial charge on any atom is 0.243 e. The number of amides is 1. The molecule has 0 aromatic heterocycles. The number of hydrogen-bond acceptors (Lipinski definition) is 3. The van der Waals surface area contributed by atoms with Crippen molar-refractivity contribution in [2.45, 2.75) is 30.6 Å². The van der Waals surface area contributed by atoms with Crippen LogP contribution in [-0.2, 0) is 21.2 Å². The molecule has 1 heterocycles. The van der Waals surface area contributed by atoms with Crippen LogP contribution in [0.1, 0.15) is 24.8 Å². The number of aryl methyl sites for hydroxylation is 1. The maximum atomic E-state index is 13.5. The van der Waals surface area contributed by atoms with Gasteiger partial charge in [-0.1, -0.05) is 12.1 Å². The van der Waals surface area contributed by atoms with Gasteiger partial charge in [-0.2, -0.15) is 4.31 Å². The predicted octanol–water partition coefficient (Wildman–Crippen LogP) is 3.32. The molecule has 1 aliphatic heterocycles. The van der Waals surface area contributed by atoms with Crippen LogP contribution in [0.25, 0.3) is 0 Å². The summed E-state index contributed by atoms with van der Waals surface area (Å²) in [6.45, 7) is 1.09. The Morgan fingerprint density at radius 3 is 2.33 bits per heavy atom. The Hall–Kier alpha value is -2.32. The first-order valence-corrected chi connectivity index (χ1v) is 10.1. The summed E-state index contributed by atoms with van der Waals surface area (Å²) in [6.07, 6.45) is 2.22. The van der Waals surface area contributed by atoms with Crippen LogP contribution in [0, 0.1) is 11.6 Å². The van der Waals surface area contributed by atoms with Gasteiger partial charge in [0.2, 0.25) is 15.9 Å². The van der Waals surface area contributed by atoms with E-state index in [-0.39, 0.29) is 17.0 Å². The van der Waals surface area contributed by atoms with Gasteiger partial charge in [-0.25, -0.2) is 17.2 Å². The highest BCUT2D eigenvalue weighted by Crippen LogP contribution is 2.21. The van der Waals surface area contributed by atoms with E-state index in [1.165, 1.54) is 10.4 Å². The lowest BCUT2D eigenvalue weighted by atomic mass is 10.1. The number of sulfonamides is 1. The zero-order valence-electron chi connectivity index (χ0n) is 14.6. The highest BCUT2D eigenvalue weighted by Gasteiger charge is 2.26. The Morgan fingerprint density at radius 2 is 1.70 bits per heavy atom. The van der Waals surface area contributed by atoms with Crippen LogP contribution in [0.15, 0.2) is 47.4 Å². The van der Waals surface area contributed by atoms with Crippen molar-refractivity contribution in [2.75, 3.05) is 18.4 Å². The van der Waals surface area contributed by atoms with Crippen LogP contribution in [0.2, 0.25) is 0 Å². The fourth-order valence-corrected chi connectivity index (χ4v) is 4.48. The Kier molecular flexibility index (Phi) is 5.86. The first-order valence-electron chi connectivity index (χ1n) is 8.70. The van der Waals surface area contributed by atoms with Crippen molar-refractivity contribution in [3.63, 3.8) is 0 Å². The summed E-state index contributed by atoms with van der Waals surface area (Å²) in [5.74, 6) is -1.96. The van der Waals surface area contributed by atoms with Gasteiger partial charge < -0.3 is 5.32 Å². The minimum absolute atomic E-state index is 0.0755. The average molecular weight is 394 g/mol. The molecule has 1 fully saturated rings. The van der Waals surface area contributed by atoms with Gasteiger partial charge in [-0.3, -0.25) is 4.79 Å². The van der Waals surface area contributed by atoms with Crippen LogP contribution >= 0.6 is 0 Å². The van der Waals surface area contributed by atoms with Crippen LogP contribution < -0.4 is 5.32 Å². The second kappa shape index (κ2) is 8.14. The molecule has 144 valence electrons. The van der Waals surface area contributed by atoms with Crippen molar-refractivity contribution in [3.05, 3.63) is 59.7 Å². The Labute approximate surface area is 157 Å². The summed E-state index contributed by atoms with van der Waals surface area (Å²) in [5.41, 5.74) is 0.721. The fourth-order valence-electron chi connectivity index (χ4n) is 2.97. The summed E-state index contributed by atoms with van der Waals surface area (Å²) in [6, 6.07) is 9.37. The van der Waals surface area contributed by atoms with E-state index in [0.29, 0.717) is 25.6 Å². The van der Waals surface area contributed by atoms with E-state index in [9.17, 15) is 22.0 Å². The minimum Gasteiger partial charge on any atom is -0.324 e. The molecule has 8 heteroatoms. The summed E-state index contributed by atoms with van der Waals surface area (Å²) < 4.78 is 52.8. The molecule has 0 saturated carbocycles. The van der Waals surface area contributed by atoms with Crippen molar-refractivity contribution >= 4 is 21.6 Å². The van der Waals surface area contributed by atoms with Crippen molar-refractivity contribution < 1.29 is 22.0 Å². The molecule has 0 bridgehead atoms. The first-order chi connectivity index (χ1) is 12.9. The lowest BCUT2D eigenvalue weighted by molar-refractivity contribution is -0.116. The molecule has 1 saturated heterocycles. The zero-order valence-corrected chi connectivity index (χ0v) is 15.4. The number of carbonyl (C=O) groups excluding carboxylic acids is 1. The van der Waals surface area contributed by atoms with E-state index < -0.39 is 27.6 Å². The molecule has 0 radical (unpaired) electrons. The molecular weight excluding hydrogens is 374 g/mol. The normalized spacial score (nSPS) is 15.0. The van der Waals surface area contributed by atoms with Gasteiger partial charge >= 0.3 is 0 Å². The van der Waals surface area contributed by atoms with E-state index in [2.05, 4.69) is 5.32 Å². The molecule has 0 unspecified atom stereocenters. The SMILES string of the molecule is O=C(CCc1ccc(S(=O)(=O)N2CCCC2)cc1)Nc1ccc(F)cc1F. The fraction of sp³-hybridized carbons (Fsp3) is 0.316. The molecule has 3 rings (SSSR count). The highest BCUT2D eigenvalue weighted by molar-refractivity contribution is 7.89. The van der Waals surface area contributed by atoms with Crippen molar-refractivity contribution in [2.24, 2.45) is 0 Å². The molecule has 2 aromatic rings. The number of nitrogens with one attached hydrogen (secondary N) is 1. The number of anilines is 1. The van der Waals surface area contributed by atoms with Gasteiger partial charge in [-0.15, -0.1) is 0 Å². The molecule has 0 atom stereocenters. The molecule has 1 aliphatic rings. The quantitative estimate of drug-likeness (QED) is 0.817. The maximum absolute atomic E-state index is 13.5. The third-order valence-corrected chi connectivity index (χ3v) is 6.38. The number of nitrogens with zero attached hydrogens (tertiary/aromatic N) is 1. The topological polar surface area (TPSA) is 66.5 Å². The van der Waals surface area contributed by atoms with E-state index >= 15 is 0 Å². The van der Waals surface area contributed by atoms with Crippen LogP contribution in [0.5, 0.6) is 0 Å². The standard InChI is InChI=1S/C19H20F2N2O3S/c20-15-6-9-18(17(21)13-15)22-19(24)10-5-14-3-7-16(8-4-14)27(25,26)23-11-1-2-12-23/h3-4,6-9,13H,1-2,5,10-12H2,(H,22,24). The minimum atomic E-state index is -3.45. The van der Waals surface area contributed by atoms with E-state index in [4.69, 9.17) is 0 Å². The number of rotatable bonds is 6. The largest absolute Gasteiger partial charge is 0.324 e. The van der Waals surface area contributed by atoms with E-state index in [0.717, 1.165) is 24.5 Å². The summed E-state index contributed by atoms with van der Waals surface area (Å²) >= 11 is 0. The number of carbonyl (C=O) groups is 1. The Balaban J connectivity index is 1.57. The second-order valence-corrected chi connectivity index (χ2v) is 8.37. The predicted molar refractivity (Wildman–Crippen MR) is 97.7 cm³/mol. The molecule has 1 amide bonds. The van der Waals surface area contributed by atoms with Gasteiger partial charge in [0.25, 0.3) is 0 Å². The first kappa shape index (κ1) is 19.4. The lowest BCUT2D eigenvalue weighted by Gasteiger charge is -2.15. The van der Waals surface area contributed by atoms with Gasteiger partial charge in [-0.05, 0) is 49.1 Å². The van der Waals surface area contributed by atoms with Gasteiger partial charge in [0.1, 0.15) is 11.6 Å². The van der Waals surface area contributed by atoms with Crippen molar-refractivity contribution in [3.8, 4) is 0 Å².